The lowest BCUT2D eigenvalue weighted by molar-refractivity contribution is 0.383. The van der Waals surface area contributed by atoms with Crippen molar-refractivity contribution in [3.63, 3.8) is 0 Å². The first-order chi connectivity index (χ1) is 9.38. The van der Waals surface area contributed by atoms with Gasteiger partial charge in [0.25, 0.3) is 0 Å². The molecule has 1 aromatic rings. The minimum Gasteiger partial charge on any atom is -0.310 e. The third-order valence-electron chi connectivity index (χ3n) is 3.46. The number of sulfonamides is 1. The van der Waals surface area contributed by atoms with Crippen molar-refractivity contribution in [2.75, 3.05) is 0 Å². The highest BCUT2D eigenvalue weighted by atomic mass is 32.2. The van der Waals surface area contributed by atoms with Gasteiger partial charge >= 0.3 is 0 Å². The van der Waals surface area contributed by atoms with Crippen molar-refractivity contribution in [2.24, 2.45) is 0 Å². The summed E-state index contributed by atoms with van der Waals surface area (Å²) in [6.07, 6.45) is 2.81. The van der Waals surface area contributed by atoms with E-state index >= 15 is 0 Å². The molecule has 0 saturated heterocycles. The summed E-state index contributed by atoms with van der Waals surface area (Å²) in [5.74, 6) is -0.388. The van der Waals surface area contributed by atoms with E-state index in [2.05, 4.69) is 10.0 Å². The number of rotatable bonds is 6. The fourth-order valence-electron chi connectivity index (χ4n) is 1.98. The van der Waals surface area contributed by atoms with Gasteiger partial charge in [-0.15, -0.1) is 0 Å². The number of hydrogen-bond donors (Lipinski definition) is 2. The topological polar surface area (TPSA) is 58.2 Å². The van der Waals surface area contributed by atoms with Crippen molar-refractivity contribution in [3.8, 4) is 0 Å². The maximum absolute atomic E-state index is 13.7. The van der Waals surface area contributed by atoms with E-state index in [0.717, 1.165) is 19.3 Å². The molecule has 0 aliphatic heterocycles. The Hall–Kier alpha value is -0.980. The Labute approximate surface area is 119 Å². The lowest BCUT2D eigenvalue weighted by Crippen LogP contribution is -2.39. The first-order valence-electron chi connectivity index (χ1n) is 6.92. The maximum atomic E-state index is 13.7. The SMILES string of the molecule is CC(C)NCc1cc(S(=O)(=O)NC2CCC2)ccc1F. The molecule has 0 bridgehead atoms. The van der Waals surface area contributed by atoms with Crippen LogP contribution >= 0.6 is 0 Å². The van der Waals surface area contributed by atoms with Crippen LogP contribution in [0.1, 0.15) is 38.7 Å². The first kappa shape index (κ1) is 15.4. The zero-order valence-corrected chi connectivity index (χ0v) is 12.6. The summed E-state index contributed by atoms with van der Waals surface area (Å²) in [5.41, 5.74) is 0.371. The molecule has 6 heteroatoms. The van der Waals surface area contributed by atoms with Crippen molar-refractivity contribution in [1.29, 1.82) is 0 Å². The molecular formula is C14H21FN2O2S. The summed E-state index contributed by atoms with van der Waals surface area (Å²) >= 11 is 0. The largest absolute Gasteiger partial charge is 0.310 e. The van der Waals surface area contributed by atoms with Crippen LogP contribution < -0.4 is 10.0 Å². The monoisotopic (exact) mass is 300 g/mol. The summed E-state index contributed by atoms with van der Waals surface area (Å²) in [5, 5.41) is 3.09. The highest BCUT2D eigenvalue weighted by molar-refractivity contribution is 7.89. The summed E-state index contributed by atoms with van der Waals surface area (Å²) in [4.78, 5) is 0.131. The van der Waals surface area contributed by atoms with Gasteiger partial charge in [0.05, 0.1) is 4.90 Å². The molecule has 112 valence electrons. The van der Waals surface area contributed by atoms with E-state index in [-0.39, 0.29) is 22.8 Å². The molecule has 2 N–H and O–H groups in total. The molecule has 1 aliphatic rings. The molecule has 4 nitrogen and oxygen atoms in total. The zero-order valence-electron chi connectivity index (χ0n) is 11.8. The van der Waals surface area contributed by atoms with Crippen molar-refractivity contribution in [1.82, 2.24) is 10.0 Å². The van der Waals surface area contributed by atoms with Gasteiger partial charge in [-0.1, -0.05) is 20.3 Å². The molecule has 1 aliphatic carbocycles. The maximum Gasteiger partial charge on any atom is 0.240 e. The predicted molar refractivity (Wildman–Crippen MR) is 76.3 cm³/mol. The Morgan fingerprint density at radius 3 is 2.60 bits per heavy atom. The van der Waals surface area contributed by atoms with Gasteiger partial charge in [-0.2, -0.15) is 0 Å². The smallest absolute Gasteiger partial charge is 0.240 e. The average Bonchev–Trinajstić information content (AvgIpc) is 2.32. The second kappa shape index (κ2) is 6.20. The molecule has 1 saturated carbocycles. The fraction of sp³-hybridized carbons (Fsp3) is 0.571. The van der Waals surface area contributed by atoms with Gasteiger partial charge < -0.3 is 5.32 Å². The van der Waals surface area contributed by atoms with Crippen LogP contribution in [0.3, 0.4) is 0 Å². The third-order valence-corrected chi connectivity index (χ3v) is 4.97. The van der Waals surface area contributed by atoms with Crippen LogP contribution in [0.4, 0.5) is 4.39 Å². The van der Waals surface area contributed by atoms with Gasteiger partial charge in [0, 0.05) is 24.2 Å². The lowest BCUT2D eigenvalue weighted by Gasteiger charge is -2.26. The second-order valence-electron chi connectivity index (χ2n) is 5.54. The van der Waals surface area contributed by atoms with Crippen LogP contribution in [0.5, 0.6) is 0 Å². The molecule has 0 radical (unpaired) electrons. The minimum absolute atomic E-state index is 0.0299. The Morgan fingerprint density at radius 2 is 2.05 bits per heavy atom. The molecule has 0 atom stereocenters. The normalized spacial score (nSPS) is 16.4. The summed E-state index contributed by atoms with van der Waals surface area (Å²) in [6.45, 7) is 4.23. The van der Waals surface area contributed by atoms with Gasteiger partial charge in [-0.05, 0) is 31.0 Å². The third kappa shape index (κ3) is 3.77. The zero-order chi connectivity index (χ0) is 14.8. The highest BCUT2D eigenvalue weighted by Gasteiger charge is 2.25. The van der Waals surface area contributed by atoms with E-state index in [9.17, 15) is 12.8 Å². The Balaban J connectivity index is 2.16. The van der Waals surface area contributed by atoms with Crippen molar-refractivity contribution in [2.45, 2.75) is 56.6 Å². The highest BCUT2D eigenvalue weighted by Crippen LogP contribution is 2.22. The molecule has 1 fully saturated rings. The van der Waals surface area contributed by atoms with Gasteiger partial charge in [0.2, 0.25) is 10.0 Å². The summed E-state index contributed by atoms with van der Waals surface area (Å²) < 4.78 is 40.7. The van der Waals surface area contributed by atoms with E-state index in [1.165, 1.54) is 18.2 Å². The van der Waals surface area contributed by atoms with E-state index in [4.69, 9.17) is 0 Å². The first-order valence-corrected chi connectivity index (χ1v) is 8.41. The Bertz CT molecular complexity index is 569. The quantitative estimate of drug-likeness (QED) is 0.846. The molecular weight excluding hydrogens is 279 g/mol. The van der Waals surface area contributed by atoms with Gasteiger partial charge in [-0.25, -0.2) is 17.5 Å². The van der Waals surface area contributed by atoms with Gasteiger partial charge in [0.1, 0.15) is 5.82 Å². The van der Waals surface area contributed by atoms with Crippen LogP contribution in [0.2, 0.25) is 0 Å². The Morgan fingerprint density at radius 1 is 1.35 bits per heavy atom. The number of nitrogens with one attached hydrogen (secondary N) is 2. The van der Waals surface area contributed by atoms with Crippen molar-refractivity contribution in [3.05, 3.63) is 29.6 Å². The molecule has 2 rings (SSSR count). The predicted octanol–water partition coefficient (Wildman–Crippen LogP) is 2.15. The molecule has 1 aromatic carbocycles. The second-order valence-corrected chi connectivity index (χ2v) is 7.25. The van der Waals surface area contributed by atoms with E-state index in [0.29, 0.717) is 12.1 Å². The van der Waals surface area contributed by atoms with Crippen molar-refractivity contribution < 1.29 is 12.8 Å². The van der Waals surface area contributed by atoms with Crippen LogP contribution in [-0.2, 0) is 16.6 Å². The number of hydrogen-bond acceptors (Lipinski definition) is 3. The molecule has 0 spiro atoms. The number of benzene rings is 1. The molecule has 0 unspecified atom stereocenters. The van der Waals surface area contributed by atoms with Crippen LogP contribution in [-0.4, -0.2) is 20.5 Å². The molecule has 0 heterocycles. The molecule has 0 amide bonds. The van der Waals surface area contributed by atoms with Crippen LogP contribution in [0, 0.1) is 5.82 Å². The van der Waals surface area contributed by atoms with Crippen LogP contribution in [0.25, 0.3) is 0 Å². The minimum atomic E-state index is -3.54. The molecule has 0 aromatic heterocycles. The van der Waals surface area contributed by atoms with E-state index in [1.807, 2.05) is 13.8 Å². The summed E-state index contributed by atoms with van der Waals surface area (Å²) in [6, 6.07) is 4.18. The summed E-state index contributed by atoms with van der Waals surface area (Å²) in [7, 11) is -3.54. The Kier molecular flexibility index (Phi) is 4.78. The fourth-order valence-corrected chi connectivity index (χ4v) is 3.34. The van der Waals surface area contributed by atoms with Gasteiger partial charge in [-0.3, -0.25) is 0 Å². The van der Waals surface area contributed by atoms with E-state index < -0.39 is 10.0 Å². The van der Waals surface area contributed by atoms with Crippen molar-refractivity contribution >= 4 is 10.0 Å². The standard InChI is InChI=1S/C14H21FN2O2S/c1-10(2)16-9-11-8-13(6-7-14(11)15)20(18,19)17-12-4-3-5-12/h6-8,10,12,16-17H,3-5,9H2,1-2H3. The van der Waals surface area contributed by atoms with Gasteiger partial charge in [0.15, 0.2) is 0 Å². The molecule has 20 heavy (non-hydrogen) atoms. The average molecular weight is 300 g/mol. The van der Waals surface area contributed by atoms with Crippen LogP contribution in [0.15, 0.2) is 23.1 Å². The number of halogens is 1. The lowest BCUT2D eigenvalue weighted by atomic mass is 9.94. The van der Waals surface area contributed by atoms with E-state index in [1.54, 1.807) is 0 Å².